The van der Waals surface area contributed by atoms with Crippen LogP contribution in [0.1, 0.15) is 29.5 Å². The van der Waals surface area contributed by atoms with Crippen LogP contribution in [0.15, 0.2) is 55.1 Å². The van der Waals surface area contributed by atoms with Crippen LogP contribution in [0.3, 0.4) is 0 Å². The van der Waals surface area contributed by atoms with E-state index in [0.717, 1.165) is 5.56 Å². The first kappa shape index (κ1) is 12.7. The van der Waals surface area contributed by atoms with Gasteiger partial charge >= 0.3 is 5.97 Å². The summed E-state index contributed by atoms with van der Waals surface area (Å²) in [6.07, 6.45) is 1.20. The highest BCUT2D eigenvalue weighted by Gasteiger charge is 2.27. The van der Waals surface area contributed by atoms with Crippen LogP contribution < -0.4 is 0 Å². The maximum atomic E-state index is 11.2. The van der Waals surface area contributed by atoms with Gasteiger partial charge in [-0.15, -0.1) is 0 Å². The van der Waals surface area contributed by atoms with Gasteiger partial charge in [0.25, 0.3) is 0 Å². The van der Waals surface area contributed by atoms with E-state index < -0.39 is 0 Å². The molecule has 0 radical (unpaired) electrons. The molecule has 2 heteroatoms. The highest BCUT2D eigenvalue weighted by atomic mass is 16.5. The predicted octanol–water partition coefficient (Wildman–Crippen LogP) is 4.05. The zero-order valence-corrected chi connectivity index (χ0v) is 11.4. The molecule has 3 rings (SSSR count). The quantitative estimate of drug-likeness (QED) is 0.617. The van der Waals surface area contributed by atoms with Gasteiger partial charge in [0.2, 0.25) is 0 Å². The van der Waals surface area contributed by atoms with Crippen LogP contribution in [0.25, 0.3) is 11.1 Å². The summed E-state index contributed by atoms with van der Waals surface area (Å²) in [7, 11) is 0. The van der Waals surface area contributed by atoms with Crippen molar-refractivity contribution in [3.63, 3.8) is 0 Å². The van der Waals surface area contributed by atoms with Crippen molar-refractivity contribution in [2.24, 2.45) is 0 Å². The average Bonchev–Trinajstić information content (AvgIpc) is 2.79. The Morgan fingerprint density at radius 2 is 1.95 bits per heavy atom. The van der Waals surface area contributed by atoms with E-state index in [9.17, 15) is 4.79 Å². The summed E-state index contributed by atoms with van der Waals surface area (Å²) >= 11 is 0. The van der Waals surface area contributed by atoms with Crippen LogP contribution in [-0.2, 0) is 16.1 Å². The number of fused-ring (bicyclic) bond motifs is 3. The Morgan fingerprint density at radius 1 is 1.20 bits per heavy atom. The second-order valence-electron chi connectivity index (χ2n) is 5.00. The second-order valence-corrected chi connectivity index (χ2v) is 5.00. The lowest BCUT2D eigenvalue weighted by Gasteiger charge is -2.12. The summed E-state index contributed by atoms with van der Waals surface area (Å²) in [4.78, 5) is 11.2. The summed E-state index contributed by atoms with van der Waals surface area (Å²) in [6, 6.07) is 14.6. The highest BCUT2D eigenvalue weighted by molar-refractivity contribution is 5.82. The monoisotopic (exact) mass is 264 g/mol. The number of hydrogen-bond donors (Lipinski definition) is 0. The Bertz CT molecular complexity index is 686. The molecule has 20 heavy (non-hydrogen) atoms. The van der Waals surface area contributed by atoms with Crippen LogP contribution in [-0.4, -0.2) is 5.97 Å². The van der Waals surface area contributed by atoms with Crippen molar-refractivity contribution in [1.82, 2.24) is 0 Å². The van der Waals surface area contributed by atoms with Crippen molar-refractivity contribution >= 4 is 5.97 Å². The van der Waals surface area contributed by atoms with Crippen LogP contribution in [0.4, 0.5) is 0 Å². The van der Waals surface area contributed by atoms with Gasteiger partial charge in [-0.25, -0.2) is 4.79 Å². The minimum absolute atomic E-state index is 0.298. The lowest BCUT2D eigenvalue weighted by molar-refractivity contribution is -0.138. The molecule has 2 nitrogen and oxygen atoms in total. The maximum absolute atomic E-state index is 11.2. The first-order valence-electron chi connectivity index (χ1n) is 6.72. The van der Waals surface area contributed by atoms with E-state index in [0.29, 0.717) is 12.5 Å². The minimum Gasteiger partial charge on any atom is -0.458 e. The van der Waals surface area contributed by atoms with Crippen molar-refractivity contribution in [2.75, 3.05) is 0 Å². The van der Waals surface area contributed by atoms with E-state index >= 15 is 0 Å². The zero-order valence-electron chi connectivity index (χ0n) is 11.4. The summed E-state index contributed by atoms with van der Waals surface area (Å²) in [5.41, 5.74) is 6.21. The maximum Gasteiger partial charge on any atom is 0.330 e. The Kier molecular flexibility index (Phi) is 3.15. The molecule has 0 spiro atoms. The molecule has 1 aliphatic carbocycles. The molecule has 2 aromatic rings. The number of esters is 1. The third-order valence-corrected chi connectivity index (χ3v) is 3.88. The lowest BCUT2D eigenvalue weighted by atomic mass is 9.95. The molecule has 1 aliphatic rings. The van der Waals surface area contributed by atoms with Gasteiger partial charge in [0.15, 0.2) is 0 Å². The predicted molar refractivity (Wildman–Crippen MR) is 79.4 cm³/mol. The molecule has 100 valence electrons. The third-order valence-electron chi connectivity index (χ3n) is 3.88. The number of rotatable bonds is 3. The molecule has 0 fully saturated rings. The molecule has 0 saturated carbocycles. The largest absolute Gasteiger partial charge is 0.458 e. The van der Waals surface area contributed by atoms with Crippen LogP contribution in [0.5, 0.6) is 0 Å². The van der Waals surface area contributed by atoms with Crippen molar-refractivity contribution in [3.05, 3.63) is 71.8 Å². The van der Waals surface area contributed by atoms with E-state index in [4.69, 9.17) is 4.74 Å². The van der Waals surface area contributed by atoms with E-state index in [1.54, 1.807) is 0 Å². The third kappa shape index (κ3) is 1.94. The van der Waals surface area contributed by atoms with Gasteiger partial charge in [-0.2, -0.15) is 0 Å². The molecular weight excluding hydrogens is 248 g/mol. The second kappa shape index (κ2) is 4.97. The molecule has 0 bridgehead atoms. The Balaban J connectivity index is 2.02. The number of carbonyl (C=O) groups is 1. The van der Waals surface area contributed by atoms with Gasteiger partial charge in [0.05, 0.1) is 0 Å². The molecule has 0 aliphatic heterocycles. The van der Waals surface area contributed by atoms with Crippen LogP contribution in [0, 0.1) is 0 Å². The fraction of sp³-hybridized carbons (Fsp3) is 0.167. The number of ether oxygens (including phenoxy) is 1. The fourth-order valence-corrected chi connectivity index (χ4v) is 2.97. The average molecular weight is 264 g/mol. The molecule has 2 aromatic carbocycles. The molecule has 0 saturated heterocycles. The first-order chi connectivity index (χ1) is 9.72. The van der Waals surface area contributed by atoms with Crippen molar-refractivity contribution in [3.8, 4) is 11.1 Å². The van der Waals surface area contributed by atoms with Crippen molar-refractivity contribution < 1.29 is 9.53 Å². The minimum atomic E-state index is -0.384. The highest BCUT2D eigenvalue weighted by Crippen LogP contribution is 2.45. The van der Waals surface area contributed by atoms with Gasteiger partial charge < -0.3 is 4.74 Å². The van der Waals surface area contributed by atoms with E-state index in [1.807, 2.05) is 12.1 Å². The first-order valence-corrected chi connectivity index (χ1v) is 6.72. The Labute approximate surface area is 118 Å². The Hall–Kier alpha value is -2.35. The van der Waals surface area contributed by atoms with Gasteiger partial charge in [0, 0.05) is 12.0 Å². The summed E-state index contributed by atoms with van der Waals surface area (Å²) in [5.74, 6) is -0.0504. The Morgan fingerprint density at radius 3 is 2.75 bits per heavy atom. The number of carbonyl (C=O) groups excluding carboxylic acids is 1. The SMILES string of the molecule is C=CC(=O)OCc1cccc2c1C(C)c1ccccc1-2. The molecule has 0 amide bonds. The van der Waals surface area contributed by atoms with E-state index in [2.05, 4.69) is 43.8 Å². The standard InChI is InChI=1S/C18H16O2/c1-3-17(19)20-11-13-7-6-10-16-15-9-5-4-8-14(15)12(2)18(13)16/h3-10,12H,1,11H2,2H3. The summed E-state index contributed by atoms with van der Waals surface area (Å²) in [6.45, 7) is 5.91. The van der Waals surface area contributed by atoms with Gasteiger partial charge in [-0.1, -0.05) is 56.0 Å². The molecule has 1 atom stereocenters. The number of hydrogen-bond acceptors (Lipinski definition) is 2. The normalized spacial score (nSPS) is 15.3. The zero-order chi connectivity index (χ0) is 14.1. The smallest absolute Gasteiger partial charge is 0.330 e. The topological polar surface area (TPSA) is 26.3 Å². The lowest BCUT2D eigenvalue weighted by Crippen LogP contribution is -2.04. The van der Waals surface area contributed by atoms with Gasteiger partial charge in [-0.3, -0.25) is 0 Å². The van der Waals surface area contributed by atoms with Crippen LogP contribution in [0.2, 0.25) is 0 Å². The summed E-state index contributed by atoms with van der Waals surface area (Å²) in [5, 5.41) is 0. The molecule has 1 unspecified atom stereocenters. The molecular formula is C18H16O2. The molecule has 0 aromatic heterocycles. The van der Waals surface area contributed by atoms with Gasteiger partial charge in [0.1, 0.15) is 6.61 Å². The van der Waals surface area contributed by atoms with E-state index in [1.165, 1.54) is 28.3 Å². The van der Waals surface area contributed by atoms with Crippen molar-refractivity contribution in [2.45, 2.75) is 19.4 Å². The van der Waals surface area contributed by atoms with Crippen molar-refractivity contribution in [1.29, 1.82) is 0 Å². The molecule has 0 N–H and O–H groups in total. The fourth-order valence-electron chi connectivity index (χ4n) is 2.97. The molecule has 0 heterocycles. The van der Waals surface area contributed by atoms with Gasteiger partial charge in [-0.05, 0) is 27.8 Å². The van der Waals surface area contributed by atoms with Crippen LogP contribution >= 0.6 is 0 Å². The summed E-state index contributed by atoms with van der Waals surface area (Å²) < 4.78 is 5.19. The number of benzene rings is 2. The van der Waals surface area contributed by atoms with E-state index in [-0.39, 0.29) is 5.97 Å².